The highest BCUT2D eigenvalue weighted by Crippen LogP contribution is 2.20. The van der Waals surface area contributed by atoms with E-state index in [1.165, 1.54) is 30.3 Å². The highest BCUT2D eigenvalue weighted by Gasteiger charge is 2.06. The molecule has 0 aliphatic rings. The van der Waals surface area contributed by atoms with E-state index in [1.54, 1.807) is 24.3 Å². The van der Waals surface area contributed by atoms with Crippen molar-refractivity contribution in [2.45, 2.75) is 6.61 Å². The summed E-state index contributed by atoms with van der Waals surface area (Å²) in [5.41, 5.74) is 1.50. The first-order valence-electron chi connectivity index (χ1n) is 6.05. The van der Waals surface area contributed by atoms with Gasteiger partial charge >= 0.3 is 6.61 Å². The number of aldehydes is 1. The van der Waals surface area contributed by atoms with Crippen molar-refractivity contribution in [2.24, 2.45) is 0 Å². The van der Waals surface area contributed by atoms with E-state index in [2.05, 4.69) is 4.74 Å². The summed E-state index contributed by atoms with van der Waals surface area (Å²) in [5, 5.41) is 0. The third-order valence-electron chi connectivity index (χ3n) is 2.65. The zero-order valence-electron chi connectivity index (χ0n) is 10.8. The molecule has 0 saturated carbocycles. The van der Waals surface area contributed by atoms with Crippen LogP contribution in [-0.2, 0) is 0 Å². The molecule has 0 saturated heterocycles. The number of hydrogen-bond acceptors (Lipinski definition) is 2. The van der Waals surface area contributed by atoms with Gasteiger partial charge in [0, 0.05) is 5.56 Å². The van der Waals surface area contributed by atoms with Crippen LogP contribution in [0, 0.1) is 5.82 Å². The van der Waals surface area contributed by atoms with Gasteiger partial charge in [0.1, 0.15) is 17.9 Å². The number of benzene rings is 2. The number of halogens is 3. The van der Waals surface area contributed by atoms with Crippen molar-refractivity contribution in [3.8, 4) is 5.75 Å². The van der Waals surface area contributed by atoms with Crippen LogP contribution < -0.4 is 4.74 Å². The fourth-order valence-electron chi connectivity index (χ4n) is 1.75. The number of ether oxygens (including phenoxy) is 1. The second-order valence-electron chi connectivity index (χ2n) is 4.22. The van der Waals surface area contributed by atoms with Crippen LogP contribution in [0.3, 0.4) is 0 Å². The van der Waals surface area contributed by atoms with Gasteiger partial charge in [-0.2, -0.15) is 8.78 Å². The molecule has 2 nitrogen and oxygen atoms in total. The molecule has 0 unspecified atom stereocenters. The van der Waals surface area contributed by atoms with Crippen LogP contribution >= 0.6 is 0 Å². The Bertz CT molecular complexity index is 649. The lowest BCUT2D eigenvalue weighted by Gasteiger charge is -2.06. The molecule has 21 heavy (non-hydrogen) atoms. The maximum Gasteiger partial charge on any atom is 0.387 e. The highest BCUT2D eigenvalue weighted by molar-refractivity contribution is 5.79. The van der Waals surface area contributed by atoms with Gasteiger partial charge in [-0.15, -0.1) is 0 Å². The molecule has 0 amide bonds. The third kappa shape index (κ3) is 4.49. The lowest BCUT2D eigenvalue weighted by molar-refractivity contribution is -0.0498. The quantitative estimate of drug-likeness (QED) is 0.602. The Morgan fingerprint density at radius 3 is 2.14 bits per heavy atom. The average molecular weight is 292 g/mol. The fraction of sp³-hybridized carbons (Fsp3) is 0.0625. The molecule has 0 fully saturated rings. The summed E-state index contributed by atoms with van der Waals surface area (Å²) in [4.78, 5) is 10.8. The summed E-state index contributed by atoms with van der Waals surface area (Å²) < 4.78 is 41.5. The van der Waals surface area contributed by atoms with Crippen LogP contribution in [0.4, 0.5) is 13.2 Å². The Morgan fingerprint density at radius 1 is 0.905 bits per heavy atom. The van der Waals surface area contributed by atoms with Gasteiger partial charge < -0.3 is 4.74 Å². The molecule has 108 valence electrons. The Labute approximate surface area is 119 Å². The number of carbonyl (C=O) groups is 1. The van der Waals surface area contributed by atoms with Crippen LogP contribution in [-0.4, -0.2) is 12.9 Å². The van der Waals surface area contributed by atoms with Crippen molar-refractivity contribution in [2.75, 3.05) is 0 Å². The SMILES string of the molecule is O=Cc1cc(/C=C/c2ccc(F)cc2)cc(OC(F)F)c1. The van der Waals surface area contributed by atoms with Gasteiger partial charge in [-0.25, -0.2) is 4.39 Å². The first kappa shape index (κ1) is 14.8. The lowest BCUT2D eigenvalue weighted by Crippen LogP contribution is -2.02. The van der Waals surface area contributed by atoms with Crippen LogP contribution in [0.1, 0.15) is 21.5 Å². The summed E-state index contributed by atoms with van der Waals surface area (Å²) in [7, 11) is 0. The molecule has 0 N–H and O–H groups in total. The Balaban J connectivity index is 2.25. The van der Waals surface area contributed by atoms with Crippen LogP contribution in [0.15, 0.2) is 42.5 Å². The Kier molecular flexibility index (Phi) is 4.77. The van der Waals surface area contributed by atoms with Crippen molar-refractivity contribution >= 4 is 18.4 Å². The molecule has 0 heterocycles. The monoisotopic (exact) mass is 292 g/mol. The first-order chi connectivity index (χ1) is 10.1. The van der Waals surface area contributed by atoms with Crippen molar-refractivity contribution < 1.29 is 22.7 Å². The predicted molar refractivity (Wildman–Crippen MR) is 73.8 cm³/mol. The fourth-order valence-corrected chi connectivity index (χ4v) is 1.75. The molecule has 2 aromatic carbocycles. The maximum absolute atomic E-state index is 12.8. The number of hydrogen-bond donors (Lipinski definition) is 0. The molecule has 0 aliphatic heterocycles. The van der Waals surface area contributed by atoms with Gasteiger partial charge in [0.15, 0.2) is 0 Å². The van der Waals surface area contributed by atoms with E-state index >= 15 is 0 Å². The molecule has 0 aliphatic carbocycles. The lowest BCUT2D eigenvalue weighted by atomic mass is 10.1. The molecule has 2 rings (SSSR count). The van der Waals surface area contributed by atoms with E-state index in [-0.39, 0.29) is 17.1 Å². The molecule has 5 heteroatoms. The zero-order chi connectivity index (χ0) is 15.2. The smallest absolute Gasteiger partial charge is 0.387 e. The summed E-state index contributed by atoms with van der Waals surface area (Å²) in [6, 6.07) is 9.93. The van der Waals surface area contributed by atoms with Gasteiger partial charge in [-0.3, -0.25) is 4.79 Å². The zero-order valence-corrected chi connectivity index (χ0v) is 10.8. The molecule has 0 radical (unpaired) electrons. The maximum atomic E-state index is 12.8. The minimum Gasteiger partial charge on any atom is -0.435 e. The molecular weight excluding hydrogens is 281 g/mol. The first-order valence-corrected chi connectivity index (χ1v) is 6.05. The van der Waals surface area contributed by atoms with Crippen LogP contribution in [0.2, 0.25) is 0 Å². The molecule has 0 atom stereocenters. The van der Waals surface area contributed by atoms with E-state index < -0.39 is 6.61 Å². The average Bonchev–Trinajstić information content (AvgIpc) is 2.45. The van der Waals surface area contributed by atoms with E-state index in [4.69, 9.17) is 0 Å². The van der Waals surface area contributed by atoms with Gasteiger partial charge in [0.25, 0.3) is 0 Å². The van der Waals surface area contributed by atoms with E-state index in [1.807, 2.05) is 0 Å². The summed E-state index contributed by atoms with van der Waals surface area (Å²) >= 11 is 0. The van der Waals surface area contributed by atoms with Crippen molar-refractivity contribution in [3.05, 3.63) is 65.0 Å². The summed E-state index contributed by atoms with van der Waals surface area (Å²) in [6.45, 7) is -2.96. The molecular formula is C16H11F3O2. The van der Waals surface area contributed by atoms with Gasteiger partial charge in [0.2, 0.25) is 0 Å². The minimum atomic E-state index is -2.96. The molecule has 0 bridgehead atoms. The highest BCUT2D eigenvalue weighted by atomic mass is 19.3. The van der Waals surface area contributed by atoms with E-state index in [0.29, 0.717) is 11.8 Å². The largest absolute Gasteiger partial charge is 0.435 e. The third-order valence-corrected chi connectivity index (χ3v) is 2.65. The number of rotatable bonds is 5. The van der Waals surface area contributed by atoms with Gasteiger partial charge in [-0.05, 0) is 41.5 Å². The van der Waals surface area contributed by atoms with Crippen molar-refractivity contribution in [3.63, 3.8) is 0 Å². The Morgan fingerprint density at radius 2 is 1.52 bits per heavy atom. The normalized spacial score (nSPS) is 11.0. The summed E-state index contributed by atoms with van der Waals surface area (Å²) in [5.74, 6) is -0.434. The predicted octanol–water partition coefficient (Wildman–Crippen LogP) is 4.41. The van der Waals surface area contributed by atoms with Gasteiger partial charge in [-0.1, -0.05) is 24.3 Å². The standard InChI is InChI=1S/C16H11F3O2/c17-14-5-3-11(4-6-14)1-2-12-7-13(10-20)9-15(8-12)21-16(18)19/h1-10,16H/b2-1+. The van der Waals surface area contributed by atoms with Crippen molar-refractivity contribution in [1.82, 2.24) is 0 Å². The topological polar surface area (TPSA) is 26.3 Å². The van der Waals surface area contributed by atoms with Crippen LogP contribution in [0.5, 0.6) is 5.75 Å². The van der Waals surface area contributed by atoms with Crippen molar-refractivity contribution in [1.29, 1.82) is 0 Å². The van der Waals surface area contributed by atoms with E-state index in [9.17, 15) is 18.0 Å². The number of alkyl halides is 2. The van der Waals surface area contributed by atoms with Gasteiger partial charge in [0.05, 0.1) is 0 Å². The summed E-state index contributed by atoms with van der Waals surface area (Å²) in [6.07, 6.45) is 3.85. The number of carbonyl (C=O) groups excluding carboxylic acids is 1. The Hall–Kier alpha value is -2.56. The molecule has 2 aromatic rings. The second-order valence-corrected chi connectivity index (χ2v) is 4.22. The minimum absolute atomic E-state index is 0.0895. The molecule has 0 aromatic heterocycles. The van der Waals surface area contributed by atoms with E-state index in [0.717, 1.165) is 5.56 Å². The molecule has 0 spiro atoms. The second kappa shape index (κ2) is 6.74. The van der Waals surface area contributed by atoms with Crippen LogP contribution in [0.25, 0.3) is 12.2 Å².